The lowest BCUT2D eigenvalue weighted by Gasteiger charge is -2.21. The molecule has 2 aromatic carbocycles. The van der Waals surface area contributed by atoms with E-state index in [2.05, 4.69) is 4.98 Å². The number of nitrogens with zero attached hydrogens (tertiary/aromatic N) is 2. The summed E-state index contributed by atoms with van der Waals surface area (Å²) in [5, 5.41) is 0.463. The molecule has 2 heterocycles. The fourth-order valence-electron chi connectivity index (χ4n) is 4.55. The molecule has 1 unspecified atom stereocenters. The minimum atomic E-state index is -0.820. The smallest absolute Gasteiger partial charge is 0.338 e. The van der Waals surface area contributed by atoms with E-state index in [4.69, 9.17) is 30.2 Å². The fourth-order valence-corrected chi connectivity index (χ4v) is 4.72. The molecule has 0 amide bonds. The average Bonchev–Trinajstić information content (AvgIpc) is 3.48. The Morgan fingerprint density at radius 2 is 1.76 bits per heavy atom. The van der Waals surface area contributed by atoms with E-state index < -0.39 is 23.2 Å². The van der Waals surface area contributed by atoms with Gasteiger partial charge in [-0.25, -0.2) is 9.78 Å². The molecular weight excluding hydrogens is 560 g/mol. The average molecular weight is 593 g/mol. The number of Topliss-reactive ketones (excluding diaryl/α,β-unsaturated/α-hetero) is 1. The molecule has 0 N–H and O–H groups in total. The molecule has 0 aliphatic carbocycles. The number of esters is 1. The third-order valence-electron chi connectivity index (χ3n) is 6.50. The SMILES string of the molecule is COCCC(C(=O)Cc1ccc(C(=O)OC(C)(C)C)cc1)n1cc(OC)c(-c2cc(Cl)ccc2-c2cnco2)cc1=O. The van der Waals surface area contributed by atoms with Gasteiger partial charge in [0.15, 0.2) is 17.9 Å². The standard InChI is InChI=1S/C32H33ClN2O7/c1-32(2,3)42-31(38)21-8-6-20(7-9-21)14-27(36)26(12-13-39-4)35-18-29(40-5)25(16-30(35)37)24-15-22(33)10-11-23(24)28-17-34-19-41-28/h6-11,15-19,26H,12-14H2,1-5H3. The van der Waals surface area contributed by atoms with Crippen LogP contribution in [0.15, 0.2) is 76.5 Å². The van der Waals surface area contributed by atoms with Crippen molar-refractivity contribution in [2.45, 2.75) is 45.3 Å². The highest BCUT2D eigenvalue weighted by atomic mass is 35.5. The third-order valence-corrected chi connectivity index (χ3v) is 6.74. The predicted molar refractivity (Wildman–Crippen MR) is 159 cm³/mol. The zero-order valence-corrected chi connectivity index (χ0v) is 24.9. The van der Waals surface area contributed by atoms with Crippen LogP contribution in [0.2, 0.25) is 5.02 Å². The van der Waals surface area contributed by atoms with Crippen LogP contribution in [0, 0.1) is 0 Å². The van der Waals surface area contributed by atoms with Gasteiger partial charge in [-0.3, -0.25) is 9.59 Å². The zero-order chi connectivity index (χ0) is 30.4. The summed E-state index contributed by atoms with van der Waals surface area (Å²) in [5.74, 6) is 0.232. The number of carbonyl (C=O) groups excluding carboxylic acids is 2. The summed E-state index contributed by atoms with van der Waals surface area (Å²) < 4.78 is 23.2. The van der Waals surface area contributed by atoms with Crippen LogP contribution in [0.4, 0.5) is 0 Å². The number of ether oxygens (including phenoxy) is 3. The van der Waals surface area contributed by atoms with Crippen LogP contribution in [0.3, 0.4) is 0 Å². The van der Waals surface area contributed by atoms with E-state index in [1.807, 2.05) is 0 Å². The number of oxazole rings is 1. The molecule has 4 aromatic rings. The van der Waals surface area contributed by atoms with Gasteiger partial charge in [0.25, 0.3) is 5.56 Å². The van der Waals surface area contributed by atoms with Crippen molar-refractivity contribution in [3.8, 4) is 28.2 Å². The molecule has 2 aromatic heterocycles. The Balaban J connectivity index is 1.66. The topological polar surface area (TPSA) is 110 Å². The van der Waals surface area contributed by atoms with Gasteiger partial charge in [-0.15, -0.1) is 0 Å². The van der Waals surface area contributed by atoms with Crippen LogP contribution < -0.4 is 10.3 Å². The maximum Gasteiger partial charge on any atom is 0.338 e. The number of benzene rings is 2. The Labute approximate surface area is 249 Å². The molecule has 0 bridgehead atoms. The van der Waals surface area contributed by atoms with Crippen molar-refractivity contribution in [3.63, 3.8) is 0 Å². The Morgan fingerprint density at radius 1 is 1.02 bits per heavy atom. The molecule has 10 heteroatoms. The van der Waals surface area contributed by atoms with E-state index in [1.54, 1.807) is 69.4 Å². The van der Waals surface area contributed by atoms with Crippen LogP contribution in [0.25, 0.3) is 22.5 Å². The number of hydrogen-bond acceptors (Lipinski definition) is 8. The van der Waals surface area contributed by atoms with Gasteiger partial charge in [0.1, 0.15) is 11.4 Å². The van der Waals surface area contributed by atoms with Crippen molar-refractivity contribution >= 4 is 23.4 Å². The first-order chi connectivity index (χ1) is 20.0. The minimum absolute atomic E-state index is 0.0451. The van der Waals surface area contributed by atoms with Gasteiger partial charge in [-0.1, -0.05) is 23.7 Å². The number of aromatic nitrogens is 2. The third kappa shape index (κ3) is 7.35. The van der Waals surface area contributed by atoms with Crippen molar-refractivity contribution in [2.24, 2.45) is 0 Å². The second-order valence-electron chi connectivity index (χ2n) is 10.7. The molecule has 9 nitrogen and oxygen atoms in total. The summed E-state index contributed by atoms with van der Waals surface area (Å²) in [4.78, 5) is 43.5. The summed E-state index contributed by atoms with van der Waals surface area (Å²) >= 11 is 6.32. The monoisotopic (exact) mass is 592 g/mol. The summed E-state index contributed by atoms with van der Waals surface area (Å²) in [5.41, 5.74) is 1.85. The van der Waals surface area contributed by atoms with Gasteiger partial charge < -0.3 is 23.2 Å². The Hall–Kier alpha value is -4.21. The highest BCUT2D eigenvalue weighted by Gasteiger charge is 2.25. The Bertz CT molecular complexity index is 1600. The highest BCUT2D eigenvalue weighted by molar-refractivity contribution is 6.31. The van der Waals surface area contributed by atoms with Crippen LogP contribution >= 0.6 is 11.6 Å². The summed E-state index contributed by atoms with van der Waals surface area (Å²) in [7, 11) is 3.03. The normalized spacial score (nSPS) is 12.1. The lowest BCUT2D eigenvalue weighted by atomic mass is 9.97. The van der Waals surface area contributed by atoms with Gasteiger partial charge in [0.2, 0.25) is 0 Å². The highest BCUT2D eigenvalue weighted by Crippen LogP contribution is 2.38. The molecule has 1 atom stereocenters. The molecule has 220 valence electrons. The van der Waals surface area contributed by atoms with E-state index in [1.165, 1.54) is 37.4 Å². The molecule has 0 fully saturated rings. The fraction of sp³-hybridized carbons (Fsp3) is 0.312. The van der Waals surface area contributed by atoms with Crippen molar-refractivity contribution < 1.29 is 28.2 Å². The minimum Gasteiger partial charge on any atom is -0.495 e. The Kier molecular flexibility index (Phi) is 9.65. The van der Waals surface area contributed by atoms with Gasteiger partial charge in [-0.05, 0) is 68.7 Å². The molecule has 42 heavy (non-hydrogen) atoms. The number of pyridine rings is 1. The maximum absolute atomic E-state index is 13.6. The second-order valence-corrected chi connectivity index (χ2v) is 11.1. The number of ketones is 1. The van der Waals surface area contributed by atoms with Crippen LogP contribution in [-0.2, 0) is 20.7 Å². The Morgan fingerprint density at radius 3 is 2.38 bits per heavy atom. The lowest BCUT2D eigenvalue weighted by Crippen LogP contribution is -2.31. The number of rotatable bonds is 11. The van der Waals surface area contributed by atoms with E-state index >= 15 is 0 Å². The van der Waals surface area contributed by atoms with E-state index in [0.29, 0.717) is 44.3 Å². The molecule has 0 aliphatic rings. The second kappa shape index (κ2) is 13.2. The zero-order valence-electron chi connectivity index (χ0n) is 24.2. The predicted octanol–water partition coefficient (Wildman–Crippen LogP) is 6.18. The van der Waals surface area contributed by atoms with Gasteiger partial charge >= 0.3 is 5.97 Å². The van der Waals surface area contributed by atoms with Crippen LogP contribution in [0.5, 0.6) is 5.75 Å². The summed E-state index contributed by atoms with van der Waals surface area (Å²) in [6.07, 6.45) is 4.74. The van der Waals surface area contributed by atoms with E-state index in [9.17, 15) is 14.4 Å². The molecule has 0 saturated carbocycles. The molecule has 0 aliphatic heterocycles. The van der Waals surface area contributed by atoms with E-state index in [0.717, 1.165) is 0 Å². The number of methoxy groups -OCH3 is 2. The first-order valence-electron chi connectivity index (χ1n) is 13.3. The van der Waals surface area contributed by atoms with Crippen LogP contribution in [0.1, 0.15) is 49.2 Å². The van der Waals surface area contributed by atoms with Gasteiger partial charge in [0, 0.05) is 42.4 Å². The largest absolute Gasteiger partial charge is 0.495 e. The summed E-state index contributed by atoms with van der Waals surface area (Å²) in [6.45, 7) is 5.65. The molecular formula is C32H33ClN2O7. The molecule has 0 spiro atoms. The van der Waals surface area contributed by atoms with Gasteiger partial charge in [0.05, 0.1) is 31.1 Å². The van der Waals surface area contributed by atoms with Crippen molar-refractivity contribution in [1.29, 1.82) is 0 Å². The van der Waals surface area contributed by atoms with Crippen molar-refractivity contribution in [2.75, 3.05) is 20.8 Å². The molecule has 0 saturated heterocycles. The van der Waals surface area contributed by atoms with Crippen molar-refractivity contribution in [1.82, 2.24) is 9.55 Å². The summed E-state index contributed by atoms with van der Waals surface area (Å²) in [6, 6.07) is 12.5. The number of halogens is 1. The lowest BCUT2D eigenvalue weighted by molar-refractivity contribution is -0.122. The van der Waals surface area contributed by atoms with Gasteiger partial charge in [-0.2, -0.15) is 0 Å². The number of hydrogen-bond donors (Lipinski definition) is 0. The quantitative estimate of drug-likeness (QED) is 0.190. The van der Waals surface area contributed by atoms with E-state index in [-0.39, 0.29) is 25.2 Å². The molecule has 0 radical (unpaired) electrons. The first kappa shape index (κ1) is 30.7. The van der Waals surface area contributed by atoms with Crippen LogP contribution in [-0.4, -0.2) is 47.7 Å². The maximum atomic E-state index is 13.6. The van der Waals surface area contributed by atoms with Crippen molar-refractivity contribution in [3.05, 3.63) is 93.8 Å². The number of carbonyl (C=O) groups is 2. The first-order valence-corrected chi connectivity index (χ1v) is 13.7. The molecule has 4 rings (SSSR count).